The second kappa shape index (κ2) is 4.82. The Balaban J connectivity index is 2.30. The summed E-state index contributed by atoms with van der Waals surface area (Å²) in [4.78, 5) is 12.9. The molecule has 0 aromatic rings. The molecule has 0 radical (unpaired) electrons. The minimum Gasteiger partial charge on any atom is -0.297 e. The lowest BCUT2D eigenvalue weighted by molar-refractivity contribution is -0.124. The Morgan fingerprint density at radius 2 is 2.33 bits per heavy atom. The van der Waals surface area contributed by atoms with Crippen LogP contribution in [0, 0.1) is 0 Å². The van der Waals surface area contributed by atoms with Crippen molar-refractivity contribution in [2.24, 2.45) is 0 Å². The van der Waals surface area contributed by atoms with Gasteiger partial charge in [-0.15, -0.1) is 0 Å². The van der Waals surface area contributed by atoms with Gasteiger partial charge in [-0.1, -0.05) is 43.7 Å². The van der Waals surface area contributed by atoms with E-state index in [2.05, 4.69) is 6.92 Å². The highest BCUT2D eigenvalue weighted by atomic mass is 32.2. The van der Waals surface area contributed by atoms with Crippen molar-refractivity contribution in [3.05, 3.63) is 0 Å². The molecule has 4 heteroatoms. The van der Waals surface area contributed by atoms with Crippen LogP contribution in [0.1, 0.15) is 26.2 Å². The Labute approximate surface area is 82.7 Å². The summed E-state index contributed by atoms with van der Waals surface area (Å²) in [6.45, 7) is 2.97. The standard InChI is InChI=1S/C8H13NOS2/c1-2-3-4-5-9-7(10)6-12-8(9)11/h2-6H2,1H3. The third-order valence-corrected chi connectivity index (χ3v) is 3.26. The minimum atomic E-state index is 0.182. The first-order valence-corrected chi connectivity index (χ1v) is 5.62. The highest BCUT2D eigenvalue weighted by Gasteiger charge is 2.25. The smallest absolute Gasteiger partial charge is 0.238 e. The highest BCUT2D eigenvalue weighted by molar-refractivity contribution is 8.23. The molecule has 2 nitrogen and oxygen atoms in total. The number of hydrogen-bond donors (Lipinski definition) is 0. The fourth-order valence-corrected chi connectivity index (χ4v) is 2.24. The molecule has 0 aliphatic carbocycles. The fraction of sp³-hybridized carbons (Fsp3) is 0.750. The molecule has 0 saturated carbocycles. The van der Waals surface area contributed by atoms with Gasteiger partial charge in [0.15, 0.2) is 0 Å². The topological polar surface area (TPSA) is 20.3 Å². The lowest BCUT2D eigenvalue weighted by Crippen LogP contribution is -2.29. The number of nitrogens with zero attached hydrogens (tertiary/aromatic N) is 1. The van der Waals surface area contributed by atoms with Crippen LogP contribution < -0.4 is 0 Å². The van der Waals surface area contributed by atoms with Gasteiger partial charge >= 0.3 is 0 Å². The monoisotopic (exact) mass is 203 g/mol. The molecule has 1 heterocycles. The third-order valence-electron chi connectivity index (χ3n) is 1.83. The maximum atomic E-state index is 11.2. The SMILES string of the molecule is CCCCCN1C(=O)CSC1=S. The maximum absolute atomic E-state index is 11.2. The molecule has 1 aliphatic rings. The Kier molecular flexibility index (Phi) is 4.01. The number of thioether (sulfide) groups is 1. The van der Waals surface area contributed by atoms with Crippen molar-refractivity contribution < 1.29 is 4.79 Å². The van der Waals surface area contributed by atoms with Gasteiger partial charge in [0.2, 0.25) is 5.91 Å². The van der Waals surface area contributed by atoms with E-state index in [9.17, 15) is 4.79 Å². The zero-order valence-corrected chi connectivity index (χ0v) is 8.84. The average molecular weight is 203 g/mol. The van der Waals surface area contributed by atoms with Crippen molar-refractivity contribution in [1.82, 2.24) is 4.90 Å². The van der Waals surface area contributed by atoms with Gasteiger partial charge in [-0.25, -0.2) is 0 Å². The van der Waals surface area contributed by atoms with E-state index in [1.807, 2.05) is 0 Å². The van der Waals surface area contributed by atoms with Crippen LogP contribution >= 0.6 is 24.0 Å². The molecule has 68 valence electrons. The number of unbranched alkanes of at least 4 members (excludes halogenated alkanes) is 2. The quantitative estimate of drug-likeness (QED) is 0.515. The van der Waals surface area contributed by atoms with Crippen molar-refractivity contribution in [1.29, 1.82) is 0 Å². The summed E-state index contributed by atoms with van der Waals surface area (Å²) in [6, 6.07) is 0. The molecular formula is C8H13NOS2. The summed E-state index contributed by atoms with van der Waals surface area (Å²) < 4.78 is 0.760. The van der Waals surface area contributed by atoms with E-state index in [1.54, 1.807) is 4.90 Å². The van der Waals surface area contributed by atoms with Gasteiger partial charge in [-0.2, -0.15) is 0 Å². The number of hydrogen-bond acceptors (Lipinski definition) is 3. The van der Waals surface area contributed by atoms with Gasteiger partial charge in [0.05, 0.1) is 5.75 Å². The lowest BCUT2D eigenvalue weighted by atomic mass is 10.2. The summed E-state index contributed by atoms with van der Waals surface area (Å²) in [5, 5.41) is 0. The van der Waals surface area contributed by atoms with E-state index in [1.165, 1.54) is 24.6 Å². The summed E-state index contributed by atoms with van der Waals surface area (Å²) in [5.74, 6) is 0.728. The van der Waals surface area contributed by atoms with Gasteiger partial charge < -0.3 is 0 Å². The van der Waals surface area contributed by atoms with Crippen LogP contribution in [0.2, 0.25) is 0 Å². The molecule has 0 spiro atoms. The Morgan fingerprint density at radius 1 is 1.58 bits per heavy atom. The van der Waals surface area contributed by atoms with Crippen LogP contribution in [0.4, 0.5) is 0 Å². The lowest BCUT2D eigenvalue weighted by Gasteiger charge is -2.13. The number of carbonyl (C=O) groups is 1. The summed E-state index contributed by atoms with van der Waals surface area (Å²) in [7, 11) is 0. The molecular weight excluding hydrogens is 190 g/mol. The van der Waals surface area contributed by atoms with Gasteiger partial charge in [-0.05, 0) is 6.42 Å². The largest absolute Gasteiger partial charge is 0.297 e. The highest BCUT2D eigenvalue weighted by Crippen LogP contribution is 2.19. The van der Waals surface area contributed by atoms with Crippen LogP contribution in [-0.2, 0) is 4.79 Å². The van der Waals surface area contributed by atoms with E-state index in [4.69, 9.17) is 12.2 Å². The molecule has 1 saturated heterocycles. The van der Waals surface area contributed by atoms with Gasteiger partial charge in [-0.3, -0.25) is 9.69 Å². The van der Waals surface area contributed by atoms with E-state index in [0.717, 1.165) is 17.3 Å². The molecule has 12 heavy (non-hydrogen) atoms. The van der Waals surface area contributed by atoms with E-state index in [0.29, 0.717) is 5.75 Å². The van der Waals surface area contributed by atoms with Crippen LogP contribution in [0.25, 0.3) is 0 Å². The molecule has 0 N–H and O–H groups in total. The Morgan fingerprint density at radius 3 is 2.83 bits per heavy atom. The Hall–Kier alpha value is -0.0900. The van der Waals surface area contributed by atoms with Crippen molar-refractivity contribution >= 4 is 34.2 Å². The average Bonchev–Trinajstić information content (AvgIpc) is 2.35. The summed E-state index contributed by atoms with van der Waals surface area (Å²) in [6.07, 6.45) is 3.43. The second-order valence-electron chi connectivity index (χ2n) is 2.81. The molecule has 0 bridgehead atoms. The van der Waals surface area contributed by atoms with Crippen molar-refractivity contribution in [3.63, 3.8) is 0 Å². The summed E-state index contributed by atoms with van der Waals surface area (Å²) >= 11 is 6.51. The molecule has 0 unspecified atom stereocenters. The van der Waals surface area contributed by atoms with Gasteiger partial charge in [0, 0.05) is 6.54 Å². The summed E-state index contributed by atoms with van der Waals surface area (Å²) in [5.41, 5.74) is 0. The zero-order valence-electron chi connectivity index (χ0n) is 7.21. The number of thiocarbonyl (C=S) groups is 1. The van der Waals surface area contributed by atoms with Crippen LogP contribution in [-0.4, -0.2) is 27.4 Å². The van der Waals surface area contributed by atoms with E-state index < -0.39 is 0 Å². The fourth-order valence-electron chi connectivity index (χ4n) is 1.12. The van der Waals surface area contributed by atoms with Gasteiger partial charge in [0.1, 0.15) is 4.32 Å². The first-order chi connectivity index (χ1) is 5.75. The molecule has 0 aromatic carbocycles. The van der Waals surface area contributed by atoms with Crippen LogP contribution in [0.3, 0.4) is 0 Å². The van der Waals surface area contributed by atoms with Crippen LogP contribution in [0.15, 0.2) is 0 Å². The number of rotatable bonds is 4. The van der Waals surface area contributed by atoms with Crippen molar-refractivity contribution in [3.8, 4) is 0 Å². The Bertz CT molecular complexity index is 177. The van der Waals surface area contributed by atoms with Gasteiger partial charge in [0.25, 0.3) is 0 Å². The van der Waals surface area contributed by atoms with E-state index in [-0.39, 0.29) is 5.91 Å². The first-order valence-electron chi connectivity index (χ1n) is 4.23. The molecule has 1 fully saturated rings. The maximum Gasteiger partial charge on any atom is 0.238 e. The van der Waals surface area contributed by atoms with Crippen molar-refractivity contribution in [2.75, 3.05) is 12.3 Å². The van der Waals surface area contributed by atoms with Crippen molar-refractivity contribution in [2.45, 2.75) is 26.2 Å². The molecule has 1 amide bonds. The zero-order chi connectivity index (χ0) is 8.97. The normalized spacial score (nSPS) is 17.6. The van der Waals surface area contributed by atoms with Crippen LogP contribution in [0.5, 0.6) is 0 Å². The molecule has 1 rings (SSSR count). The predicted octanol–water partition coefficient (Wildman–Crippen LogP) is 2.04. The molecule has 1 aliphatic heterocycles. The second-order valence-corrected chi connectivity index (χ2v) is 4.42. The third kappa shape index (κ3) is 2.45. The number of carbonyl (C=O) groups excluding carboxylic acids is 1. The minimum absolute atomic E-state index is 0.182. The molecule has 0 atom stereocenters. The predicted molar refractivity (Wildman–Crippen MR) is 56.3 cm³/mol. The first kappa shape index (κ1) is 9.99. The number of amides is 1. The molecule has 0 aromatic heterocycles. The van der Waals surface area contributed by atoms with E-state index >= 15 is 0 Å².